The average Bonchev–Trinajstić information content (AvgIpc) is 2.55. The predicted octanol–water partition coefficient (Wildman–Crippen LogP) is 1.69. The molecule has 1 aliphatic rings. The fourth-order valence-electron chi connectivity index (χ4n) is 1.72. The molecule has 0 spiro atoms. The van der Waals surface area contributed by atoms with Gasteiger partial charge < -0.3 is 10.4 Å². The van der Waals surface area contributed by atoms with Gasteiger partial charge >= 0.3 is 6.18 Å². The Balaban J connectivity index is 2.08. The van der Waals surface area contributed by atoms with Gasteiger partial charge in [-0.3, -0.25) is 0 Å². The van der Waals surface area contributed by atoms with E-state index in [0.29, 0.717) is 12.3 Å². The van der Waals surface area contributed by atoms with Crippen LogP contribution in [0.25, 0.3) is 0 Å². The van der Waals surface area contributed by atoms with Crippen molar-refractivity contribution in [3.05, 3.63) is 0 Å². The third kappa shape index (κ3) is 3.84. The highest BCUT2D eigenvalue weighted by molar-refractivity contribution is 4.72. The molecule has 2 N–H and O–H groups in total. The topological polar surface area (TPSA) is 32.3 Å². The molecule has 2 atom stereocenters. The summed E-state index contributed by atoms with van der Waals surface area (Å²) in [5.74, 6) is 0.496. The number of nitrogens with one attached hydrogen (secondary N) is 1. The van der Waals surface area contributed by atoms with Crippen LogP contribution in [-0.2, 0) is 0 Å². The van der Waals surface area contributed by atoms with Gasteiger partial charge in [-0.1, -0.05) is 6.42 Å². The highest BCUT2D eigenvalue weighted by atomic mass is 19.4. The maximum Gasteiger partial charge on any atom is 0.414 e. The first kappa shape index (κ1) is 11.8. The first-order chi connectivity index (χ1) is 6.50. The summed E-state index contributed by atoms with van der Waals surface area (Å²) in [7, 11) is 0. The molecule has 14 heavy (non-hydrogen) atoms. The van der Waals surface area contributed by atoms with Gasteiger partial charge in [0.25, 0.3) is 0 Å². The SMILES string of the molecule is OC(CCCC1CCNC1)C(F)(F)F. The van der Waals surface area contributed by atoms with Crippen molar-refractivity contribution < 1.29 is 18.3 Å². The van der Waals surface area contributed by atoms with E-state index in [1.165, 1.54) is 0 Å². The van der Waals surface area contributed by atoms with Crippen molar-refractivity contribution in [2.45, 2.75) is 38.0 Å². The number of rotatable bonds is 4. The average molecular weight is 211 g/mol. The highest BCUT2D eigenvalue weighted by Crippen LogP contribution is 2.25. The van der Waals surface area contributed by atoms with E-state index in [9.17, 15) is 13.2 Å². The van der Waals surface area contributed by atoms with E-state index in [2.05, 4.69) is 5.32 Å². The zero-order valence-electron chi connectivity index (χ0n) is 7.98. The number of halogens is 3. The van der Waals surface area contributed by atoms with E-state index in [1.54, 1.807) is 0 Å². The molecule has 0 saturated carbocycles. The molecule has 0 amide bonds. The molecular weight excluding hydrogens is 195 g/mol. The van der Waals surface area contributed by atoms with Gasteiger partial charge in [-0.25, -0.2) is 0 Å². The Morgan fingerprint density at radius 2 is 2.14 bits per heavy atom. The Morgan fingerprint density at radius 1 is 1.43 bits per heavy atom. The van der Waals surface area contributed by atoms with Crippen LogP contribution in [-0.4, -0.2) is 30.5 Å². The molecule has 2 nitrogen and oxygen atoms in total. The van der Waals surface area contributed by atoms with E-state index in [-0.39, 0.29) is 6.42 Å². The second-order valence-electron chi connectivity index (χ2n) is 3.85. The van der Waals surface area contributed by atoms with E-state index in [0.717, 1.165) is 25.9 Å². The molecule has 0 aromatic heterocycles. The van der Waals surface area contributed by atoms with Gasteiger partial charge in [0, 0.05) is 0 Å². The van der Waals surface area contributed by atoms with Crippen LogP contribution in [0.2, 0.25) is 0 Å². The lowest BCUT2D eigenvalue weighted by atomic mass is 10.00. The second kappa shape index (κ2) is 4.98. The van der Waals surface area contributed by atoms with Crippen LogP contribution in [0.3, 0.4) is 0 Å². The fourth-order valence-corrected chi connectivity index (χ4v) is 1.72. The normalized spacial score (nSPS) is 25.3. The van der Waals surface area contributed by atoms with Crippen LogP contribution in [0.4, 0.5) is 13.2 Å². The van der Waals surface area contributed by atoms with Crippen LogP contribution in [0, 0.1) is 5.92 Å². The first-order valence-electron chi connectivity index (χ1n) is 4.95. The van der Waals surface area contributed by atoms with E-state index in [1.807, 2.05) is 0 Å². The number of hydrogen-bond donors (Lipinski definition) is 2. The van der Waals surface area contributed by atoms with Gasteiger partial charge in [0.05, 0.1) is 0 Å². The maximum atomic E-state index is 11.9. The minimum absolute atomic E-state index is 0.167. The monoisotopic (exact) mass is 211 g/mol. The summed E-state index contributed by atoms with van der Waals surface area (Å²) in [5, 5.41) is 11.9. The van der Waals surface area contributed by atoms with E-state index >= 15 is 0 Å². The molecule has 1 heterocycles. The van der Waals surface area contributed by atoms with Crippen LogP contribution in [0.5, 0.6) is 0 Å². The molecule has 1 aliphatic heterocycles. The van der Waals surface area contributed by atoms with Crippen molar-refractivity contribution in [1.82, 2.24) is 5.32 Å². The molecule has 0 aromatic rings. The largest absolute Gasteiger partial charge is 0.414 e. The van der Waals surface area contributed by atoms with Crippen LogP contribution < -0.4 is 5.32 Å². The van der Waals surface area contributed by atoms with Crippen LogP contribution in [0.15, 0.2) is 0 Å². The molecule has 2 unspecified atom stereocenters. The predicted molar refractivity (Wildman–Crippen MR) is 46.9 cm³/mol. The molecule has 0 radical (unpaired) electrons. The Bertz CT molecular complexity index is 166. The van der Waals surface area contributed by atoms with Crippen LogP contribution >= 0.6 is 0 Å². The zero-order chi connectivity index (χ0) is 10.6. The number of aliphatic hydroxyl groups is 1. The molecule has 1 rings (SSSR count). The number of hydrogen-bond acceptors (Lipinski definition) is 2. The summed E-state index contributed by atoms with van der Waals surface area (Å²) in [4.78, 5) is 0. The Kier molecular flexibility index (Phi) is 4.19. The van der Waals surface area contributed by atoms with E-state index < -0.39 is 12.3 Å². The number of alkyl halides is 3. The smallest absolute Gasteiger partial charge is 0.384 e. The third-order valence-electron chi connectivity index (χ3n) is 2.63. The minimum atomic E-state index is -4.45. The summed E-state index contributed by atoms with van der Waals surface area (Å²) in [6, 6.07) is 0. The second-order valence-corrected chi connectivity index (χ2v) is 3.85. The van der Waals surface area contributed by atoms with Gasteiger partial charge in [0.2, 0.25) is 0 Å². The van der Waals surface area contributed by atoms with Crippen molar-refractivity contribution in [2.75, 3.05) is 13.1 Å². The van der Waals surface area contributed by atoms with Crippen LogP contribution in [0.1, 0.15) is 25.7 Å². The lowest BCUT2D eigenvalue weighted by molar-refractivity contribution is -0.205. The van der Waals surface area contributed by atoms with Gasteiger partial charge in [-0.15, -0.1) is 0 Å². The van der Waals surface area contributed by atoms with Crippen molar-refractivity contribution in [2.24, 2.45) is 5.92 Å². The van der Waals surface area contributed by atoms with Gasteiger partial charge in [-0.05, 0) is 38.3 Å². The molecule has 1 fully saturated rings. The van der Waals surface area contributed by atoms with Gasteiger partial charge in [-0.2, -0.15) is 13.2 Å². The lowest BCUT2D eigenvalue weighted by Gasteiger charge is -2.15. The van der Waals surface area contributed by atoms with Crippen molar-refractivity contribution in [3.8, 4) is 0 Å². The molecule has 0 aromatic carbocycles. The molecule has 0 bridgehead atoms. The molecule has 1 saturated heterocycles. The Labute approximate surface area is 81.5 Å². The minimum Gasteiger partial charge on any atom is -0.384 e. The van der Waals surface area contributed by atoms with Gasteiger partial charge in [0.15, 0.2) is 0 Å². The summed E-state index contributed by atoms with van der Waals surface area (Å²) >= 11 is 0. The highest BCUT2D eigenvalue weighted by Gasteiger charge is 2.37. The maximum absolute atomic E-state index is 11.9. The fraction of sp³-hybridized carbons (Fsp3) is 1.00. The molecule has 5 heteroatoms. The quantitative estimate of drug-likeness (QED) is 0.741. The molecule has 0 aliphatic carbocycles. The van der Waals surface area contributed by atoms with E-state index in [4.69, 9.17) is 5.11 Å². The lowest BCUT2D eigenvalue weighted by Crippen LogP contribution is -2.28. The van der Waals surface area contributed by atoms with Crippen molar-refractivity contribution in [1.29, 1.82) is 0 Å². The molecular formula is C9H16F3NO. The first-order valence-corrected chi connectivity index (χ1v) is 4.95. The zero-order valence-corrected chi connectivity index (χ0v) is 7.98. The number of aliphatic hydroxyl groups excluding tert-OH is 1. The standard InChI is InChI=1S/C9H16F3NO/c10-9(11,12)8(14)3-1-2-7-4-5-13-6-7/h7-8,13-14H,1-6H2. The summed E-state index contributed by atoms with van der Waals surface area (Å²) in [5.41, 5.74) is 0. The Hall–Kier alpha value is -0.290. The van der Waals surface area contributed by atoms with Crippen molar-refractivity contribution in [3.63, 3.8) is 0 Å². The summed E-state index contributed by atoms with van der Waals surface area (Å²) in [6.45, 7) is 1.87. The summed E-state index contributed by atoms with van der Waals surface area (Å²) < 4.78 is 35.7. The van der Waals surface area contributed by atoms with Crippen molar-refractivity contribution >= 4 is 0 Å². The summed E-state index contributed by atoms with van der Waals surface area (Å²) in [6.07, 6.45) is -4.49. The van der Waals surface area contributed by atoms with Gasteiger partial charge in [0.1, 0.15) is 6.10 Å². The Morgan fingerprint density at radius 3 is 2.64 bits per heavy atom. The third-order valence-corrected chi connectivity index (χ3v) is 2.63. The molecule has 84 valence electrons.